The van der Waals surface area contributed by atoms with Gasteiger partial charge in [-0.1, -0.05) is 48.5 Å². The molecule has 1 unspecified atom stereocenters. The van der Waals surface area contributed by atoms with E-state index >= 15 is 0 Å². The number of benzene rings is 5. The van der Waals surface area contributed by atoms with Crippen molar-refractivity contribution < 1.29 is 62.5 Å². The fourth-order valence-corrected chi connectivity index (χ4v) is 6.14. The highest BCUT2D eigenvalue weighted by atomic mass is 16.5. The van der Waals surface area contributed by atoms with Crippen molar-refractivity contribution in [2.45, 2.75) is 26.1 Å². The van der Waals surface area contributed by atoms with Gasteiger partial charge in [0.15, 0.2) is 11.5 Å². The lowest BCUT2D eigenvalue weighted by Gasteiger charge is -2.17. The summed E-state index contributed by atoms with van der Waals surface area (Å²) in [7, 11) is 0. The third-order valence-corrected chi connectivity index (χ3v) is 9.29. The molecule has 0 aliphatic rings. The molecular formula is C47H46N4O13. The lowest BCUT2D eigenvalue weighted by atomic mass is 10.1. The van der Waals surface area contributed by atoms with Gasteiger partial charge in [0, 0.05) is 40.7 Å². The van der Waals surface area contributed by atoms with Crippen molar-refractivity contribution in [3.8, 4) is 17.2 Å². The topological polar surface area (TPSA) is 240 Å². The number of aliphatic hydroxyl groups is 1. The summed E-state index contributed by atoms with van der Waals surface area (Å²) in [5.74, 6) is -0.00964. The number of amides is 4. The molecule has 2 aromatic heterocycles. The Kier molecular flexibility index (Phi) is 16.4. The van der Waals surface area contributed by atoms with Gasteiger partial charge in [-0.15, -0.1) is 0 Å². The van der Waals surface area contributed by atoms with Crippen molar-refractivity contribution in [1.82, 2.24) is 16.3 Å². The molecule has 4 amide bonds. The molecule has 7 rings (SSSR count). The predicted octanol–water partition coefficient (Wildman–Crippen LogP) is 6.91. The van der Waals surface area contributed by atoms with Gasteiger partial charge in [-0.2, -0.15) is 0 Å². The zero-order chi connectivity index (χ0) is 45.3. The molecule has 332 valence electrons. The second-order valence-electron chi connectivity index (χ2n) is 13.9. The second-order valence-corrected chi connectivity index (χ2v) is 13.9. The number of hydroxylamine groups is 2. The number of rotatable bonds is 19. The van der Waals surface area contributed by atoms with Gasteiger partial charge < -0.3 is 43.5 Å². The van der Waals surface area contributed by atoms with Crippen LogP contribution in [-0.2, 0) is 11.3 Å². The Hall–Kier alpha value is -7.70. The SMILES string of the molecule is CC(COc1ccccc1NC(=O)c1cc2ccccc2o1)Oc1ccc(C(=O)NO)cc1.O=C(NO)c1ccc(OCCNC(=O)c2oc3ccccc3c2COCCCO)cc1. The van der Waals surface area contributed by atoms with Gasteiger partial charge in [0.2, 0.25) is 0 Å². The molecule has 0 saturated carbocycles. The number of carbonyl (C=O) groups is 4. The minimum Gasteiger partial charge on any atom is -0.492 e. The summed E-state index contributed by atoms with van der Waals surface area (Å²) in [6.45, 7) is 3.12. The van der Waals surface area contributed by atoms with Crippen molar-refractivity contribution in [2.24, 2.45) is 0 Å². The maximum atomic E-state index is 12.7. The largest absolute Gasteiger partial charge is 0.492 e. The molecule has 7 aromatic rings. The van der Waals surface area contributed by atoms with E-state index in [1.54, 1.807) is 71.6 Å². The van der Waals surface area contributed by atoms with Gasteiger partial charge in [-0.3, -0.25) is 29.6 Å². The van der Waals surface area contributed by atoms with Gasteiger partial charge >= 0.3 is 0 Å². The maximum absolute atomic E-state index is 12.7. The molecule has 0 aliphatic carbocycles. The van der Waals surface area contributed by atoms with Gasteiger partial charge in [-0.05, 0) is 92.2 Å². The van der Waals surface area contributed by atoms with Crippen molar-refractivity contribution in [3.63, 3.8) is 0 Å². The monoisotopic (exact) mass is 874 g/mol. The van der Waals surface area contributed by atoms with Crippen LogP contribution in [0.2, 0.25) is 0 Å². The first-order valence-corrected chi connectivity index (χ1v) is 20.0. The van der Waals surface area contributed by atoms with Gasteiger partial charge in [0.25, 0.3) is 23.6 Å². The molecule has 7 N–H and O–H groups in total. The van der Waals surface area contributed by atoms with Crippen LogP contribution in [0.15, 0.2) is 136 Å². The number of hydrogen-bond donors (Lipinski definition) is 7. The maximum Gasteiger partial charge on any atom is 0.291 e. The highest BCUT2D eigenvalue weighted by Gasteiger charge is 2.21. The fourth-order valence-electron chi connectivity index (χ4n) is 6.14. The Balaban J connectivity index is 0.000000213. The molecule has 0 aliphatic heterocycles. The van der Waals surface area contributed by atoms with E-state index in [2.05, 4.69) is 10.6 Å². The van der Waals surface area contributed by atoms with Crippen LogP contribution in [0.4, 0.5) is 5.69 Å². The summed E-state index contributed by atoms with van der Waals surface area (Å²) in [5.41, 5.74) is 6.14. The van der Waals surface area contributed by atoms with E-state index in [-0.39, 0.29) is 62.4 Å². The van der Waals surface area contributed by atoms with Crippen LogP contribution in [0, 0.1) is 0 Å². The molecule has 0 fully saturated rings. The van der Waals surface area contributed by atoms with Gasteiger partial charge in [-0.25, -0.2) is 11.0 Å². The van der Waals surface area contributed by atoms with E-state index < -0.39 is 11.8 Å². The van der Waals surface area contributed by atoms with Crippen LogP contribution < -0.4 is 35.8 Å². The molecule has 64 heavy (non-hydrogen) atoms. The van der Waals surface area contributed by atoms with Crippen LogP contribution in [-0.4, -0.2) is 78.2 Å². The zero-order valence-electron chi connectivity index (χ0n) is 34.6. The normalized spacial score (nSPS) is 11.2. The third-order valence-electron chi connectivity index (χ3n) is 9.29. The van der Waals surface area contributed by atoms with Crippen molar-refractivity contribution >= 4 is 51.3 Å². The summed E-state index contributed by atoms with van der Waals surface area (Å²) in [4.78, 5) is 48.0. The minimum absolute atomic E-state index is 0.0385. The number of fused-ring (bicyclic) bond motifs is 2. The predicted molar refractivity (Wildman–Crippen MR) is 233 cm³/mol. The second kappa shape index (κ2) is 22.9. The first-order chi connectivity index (χ1) is 31.2. The Bertz CT molecular complexity index is 2610. The summed E-state index contributed by atoms with van der Waals surface area (Å²) < 4.78 is 34.2. The number of furan rings is 2. The smallest absolute Gasteiger partial charge is 0.291 e. The Morgan fingerprint density at radius 3 is 2.00 bits per heavy atom. The van der Waals surface area contributed by atoms with E-state index in [4.69, 9.17) is 43.3 Å². The lowest BCUT2D eigenvalue weighted by Crippen LogP contribution is -2.28. The number of ether oxygens (including phenoxy) is 4. The highest BCUT2D eigenvalue weighted by Crippen LogP contribution is 2.28. The van der Waals surface area contributed by atoms with E-state index in [0.29, 0.717) is 63.8 Å². The minimum atomic E-state index is -0.610. The van der Waals surface area contributed by atoms with Crippen molar-refractivity contribution in [2.75, 3.05) is 38.3 Å². The molecule has 2 heterocycles. The molecule has 0 spiro atoms. The Morgan fingerprint density at radius 1 is 0.672 bits per heavy atom. The molecule has 1 atom stereocenters. The number of para-hydroxylation sites is 4. The standard InChI is InChI=1S/C25H22N2O6.C22H24N2O7/c1-16(32-19-12-10-17(11-13-19)24(28)27-30)15-31-22-9-5-3-7-20(22)26-25(29)23-14-18-6-2-4-8-21(18)33-23;25-11-3-12-29-14-18-17-4-1-2-5-19(17)31-20(18)22(27)23-10-13-30-16-8-6-15(7-9-16)21(26)24-28/h2-14,16,30H,15H2,1H3,(H,26,29)(H,27,28);1-2,4-9,25,28H,3,10-14H2,(H,23,27)(H,24,26). The van der Waals surface area contributed by atoms with Crippen LogP contribution in [0.25, 0.3) is 21.9 Å². The van der Waals surface area contributed by atoms with Crippen molar-refractivity contribution in [1.29, 1.82) is 0 Å². The Morgan fingerprint density at radius 2 is 1.31 bits per heavy atom. The van der Waals surface area contributed by atoms with E-state index in [9.17, 15) is 19.2 Å². The number of aliphatic hydroxyl groups excluding tert-OH is 1. The molecular weight excluding hydrogens is 829 g/mol. The first-order valence-electron chi connectivity index (χ1n) is 20.0. The zero-order valence-corrected chi connectivity index (χ0v) is 34.6. The number of carbonyl (C=O) groups excluding carboxylic acids is 4. The molecule has 17 heteroatoms. The third kappa shape index (κ3) is 12.5. The average Bonchev–Trinajstić information content (AvgIpc) is 3.94. The number of anilines is 1. The fraction of sp³-hybridized carbons (Fsp3) is 0.191. The van der Waals surface area contributed by atoms with E-state index in [0.717, 1.165) is 10.8 Å². The van der Waals surface area contributed by atoms with E-state index in [1.807, 2.05) is 49.4 Å². The van der Waals surface area contributed by atoms with Crippen LogP contribution >= 0.6 is 0 Å². The Labute approximate surface area is 366 Å². The van der Waals surface area contributed by atoms with Gasteiger partial charge in [0.05, 0.1) is 18.8 Å². The quantitative estimate of drug-likeness (QED) is 0.0249. The average molecular weight is 875 g/mol. The van der Waals surface area contributed by atoms with E-state index in [1.165, 1.54) is 24.3 Å². The summed E-state index contributed by atoms with van der Waals surface area (Å²) >= 11 is 0. The molecule has 17 nitrogen and oxygen atoms in total. The summed E-state index contributed by atoms with van der Waals surface area (Å²) in [6.07, 6.45) is 0.196. The lowest BCUT2D eigenvalue weighted by molar-refractivity contribution is 0.0702. The molecule has 0 radical (unpaired) electrons. The first kappa shape index (κ1) is 45.8. The number of nitrogens with one attached hydrogen (secondary N) is 4. The van der Waals surface area contributed by atoms with Crippen LogP contribution in [0.5, 0.6) is 17.2 Å². The number of hydrogen-bond acceptors (Lipinski definition) is 13. The highest BCUT2D eigenvalue weighted by molar-refractivity contribution is 6.05. The summed E-state index contributed by atoms with van der Waals surface area (Å²) in [5, 5.41) is 33.4. The molecule has 0 saturated heterocycles. The van der Waals surface area contributed by atoms with Crippen LogP contribution in [0.3, 0.4) is 0 Å². The molecule has 0 bridgehead atoms. The van der Waals surface area contributed by atoms with Gasteiger partial charge in [0.1, 0.15) is 47.7 Å². The van der Waals surface area contributed by atoms with Crippen LogP contribution in [0.1, 0.15) is 60.7 Å². The summed E-state index contributed by atoms with van der Waals surface area (Å²) in [6, 6.07) is 36.1. The molecule has 5 aromatic carbocycles. The van der Waals surface area contributed by atoms with Crippen molar-refractivity contribution in [3.05, 3.63) is 156 Å².